The Kier molecular flexibility index (Phi) is 4.60. The Morgan fingerprint density at radius 2 is 2.10 bits per heavy atom. The maximum absolute atomic E-state index is 13.2. The summed E-state index contributed by atoms with van der Waals surface area (Å²) in [6.07, 6.45) is 1.82. The molecule has 4 nitrogen and oxygen atoms in total. The Morgan fingerprint density at radius 1 is 1.45 bits per heavy atom. The maximum Gasteiger partial charge on any atom is 0.257 e. The van der Waals surface area contributed by atoms with E-state index in [4.69, 9.17) is 0 Å². The molecule has 0 atom stereocenters. The summed E-state index contributed by atoms with van der Waals surface area (Å²) in [4.78, 5) is 16.3. The van der Waals surface area contributed by atoms with Gasteiger partial charge in [0.05, 0.1) is 5.56 Å². The van der Waals surface area contributed by atoms with Gasteiger partial charge in [0.15, 0.2) is 0 Å². The lowest BCUT2D eigenvalue weighted by atomic mass is 10.0. The van der Waals surface area contributed by atoms with Crippen molar-refractivity contribution >= 4 is 5.91 Å². The fourth-order valence-electron chi connectivity index (χ4n) is 2.66. The molecule has 0 spiro atoms. The van der Waals surface area contributed by atoms with Crippen LogP contribution in [0.1, 0.15) is 30.1 Å². The molecule has 1 aromatic rings. The third kappa shape index (κ3) is 3.10. The number of benzene rings is 1. The molecule has 20 heavy (non-hydrogen) atoms. The minimum Gasteiger partial charge on any atom is -0.507 e. The number of carbonyl (C=O) groups is 1. The van der Waals surface area contributed by atoms with Crippen LogP contribution in [0.15, 0.2) is 18.2 Å². The molecule has 0 unspecified atom stereocenters. The lowest BCUT2D eigenvalue weighted by Gasteiger charge is -2.36. The van der Waals surface area contributed by atoms with Crippen molar-refractivity contribution in [1.82, 2.24) is 9.80 Å². The number of likely N-dealkylation sites (tertiary alicyclic amines) is 1. The summed E-state index contributed by atoms with van der Waals surface area (Å²) < 4.78 is 13.2. The Morgan fingerprint density at radius 3 is 2.70 bits per heavy atom. The van der Waals surface area contributed by atoms with E-state index in [1.807, 2.05) is 0 Å². The summed E-state index contributed by atoms with van der Waals surface area (Å²) in [7, 11) is 1.72. The number of rotatable bonds is 3. The molecule has 1 N–H and O–H groups in total. The van der Waals surface area contributed by atoms with E-state index < -0.39 is 5.82 Å². The predicted octanol–water partition coefficient (Wildman–Crippen LogP) is 2.09. The van der Waals surface area contributed by atoms with Gasteiger partial charge in [-0.15, -0.1) is 0 Å². The molecule has 1 saturated heterocycles. The molecule has 0 aliphatic carbocycles. The SMILES string of the molecule is CCN1CCC(N(C)C(=O)c2cc(F)ccc2O)CC1. The van der Waals surface area contributed by atoms with E-state index in [9.17, 15) is 14.3 Å². The smallest absolute Gasteiger partial charge is 0.257 e. The van der Waals surface area contributed by atoms with Gasteiger partial charge in [-0.2, -0.15) is 0 Å². The molecule has 0 saturated carbocycles. The molecular weight excluding hydrogens is 259 g/mol. The monoisotopic (exact) mass is 280 g/mol. The fourth-order valence-corrected chi connectivity index (χ4v) is 2.66. The van der Waals surface area contributed by atoms with Crippen molar-refractivity contribution in [2.45, 2.75) is 25.8 Å². The summed E-state index contributed by atoms with van der Waals surface area (Å²) >= 11 is 0. The van der Waals surface area contributed by atoms with Crippen LogP contribution in [0.25, 0.3) is 0 Å². The molecule has 1 amide bonds. The number of hydrogen-bond acceptors (Lipinski definition) is 3. The number of hydrogen-bond donors (Lipinski definition) is 1. The van der Waals surface area contributed by atoms with Gasteiger partial charge in [0.1, 0.15) is 11.6 Å². The summed E-state index contributed by atoms with van der Waals surface area (Å²) in [5.74, 6) is -1.01. The van der Waals surface area contributed by atoms with E-state index in [1.54, 1.807) is 11.9 Å². The van der Waals surface area contributed by atoms with Crippen LogP contribution in [0.2, 0.25) is 0 Å². The number of phenolic OH excluding ortho intramolecular Hbond substituents is 1. The average molecular weight is 280 g/mol. The van der Waals surface area contributed by atoms with Crippen LogP contribution in [0.5, 0.6) is 5.75 Å². The number of phenols is 1. The Balaban J connectivity index is 2.07. The van der Waals surface area contributed by atoms with Gasteiger partial charge >= 0.3 is 0 Å². The highest BCUT2D eigenvalue weighted by Gasteiger charge is 2.26. The highest BCUT2D eigenvalue weighted by molar-refractivity contribution is 5.96. The van der Waals surface area contributed by atoms with E-state index >= 15 is 0 Å². The van der Waals surface area contributed by atoms with E-state index in [-0.39, 0.29) is 23.3 Å². The molecular formula is C15H21FN2O2. The van der Waals surface area contributed by atoms with Gasteiger partial charge in [0, 0.05) is 26.2 Å². The largest absolute Gasteiger partial charge is 0.507 e. The van der Waals surface area contributed by atoms with Crippen molar-refractivity contribution in [2.75, 3.05) is 26.7 Å². The first kappa shape index (κ1) is 14.8. The van der Waals surface area contributed by atoms with Crippen LogP contribution < -0.4 is 0 Å². The van der Waals surface area contributed by atoms with Crippen LogP contribution in [0.4, 0.5) is 4.39 Å². The van der Waals surface area contributed by atoms with Crippen LogP contribution in [-0.2, 0) is 0 Å². The van der Waals surface area contributed by atoms with Crippen molar-refractivity contribution < 1.29 is 14.3 Å². The first-order valence-electron chi connectivity index (χ1n) is 7.01. The topological polar surface area (TPSA) is 43.8 Å². The standard InChI is InChI=1S/C15H21FN2O2/c1-3-18-8-6-12(7-9-18)17(2)15(20)13-10-11(16)4-5-14(13)19/h4-5,10,12,19H,3,6-9H2,1-2H3. The summed E-state index contributed by atoms with van der Waals surface area (Å²) in [6, 6.07) is 3.60. The van der Waals surface area contributed by atoms with Crippen molar-refractivity contribution in [3.8, 4) is 5.75 Å². The zero-order valence-corrected chi connectivity index (χ0v) is 12.0. The van der Waals surface area contributed by atoms with Crippen LogP contribution in [0.3, 0.4) is 0 Å². The fraction of sp³-hybridized carbons (Fsp3) is 0.533. The van der Waals surface area contributed by atoms with Gasteiger partial charge in [-0.3, -0.25) is 4.79 Å². The minimum atomic E-state index is -0.514. The van der Waals surface area contributed by atoms with E-state index in [0.717, 1.165) is 44.6 Å². The van der Waals surface area contributed by atoms with Gasteiger partial charge in [0.25, 0.3) is 5.91 Å². The summed E-state index contributed by atoms with van der Waals surface area (Å²) in [5, 5.41) is 9.71. The zero-order chi connectivity index (χ0) is 14.7. The van der Waals surface area contributed by atoms with E-state index in [0.29, 0.717) is 0 Å². The molecule has 1 aliphatic heterocycles. The second-order valence-corrected chi connectivity index (χ2v) is 5.24. The van der Waals surface area contributed by atoms with Gasteiger partial charge in [0.2, 0.25) is 0 Å². The molecule has 110 valence electrons. The Labute approximate surface area is 118 Å². The van der Waals surface area contributed by atoms with Crippen LogP contribution in [-0.4, -0.2) is 53.5 Å². The maximum atomic E-state index is 13.2. The normalized spacial score (nSPS) is 17.1. The molecule has 0 radical (unpaired) electrons. The predicted molar refractivity (Wildman–Crippen MR) is 75.3 cm³/mol. The lowest BCUT2D eigenvalue weighted by molar-refractivity contribution is 0.0643. The highest BCUT2D eigenvalue weighted by atomic mass is 19.1. The van der Waals surface area contributed by atoms with Crippen LogP contribution in [0, 0.1) is 5.82 Å². The van der Waals surface area contributed by atoms with Crippen molar-refractivity contribution in [1.29, 1.82) is 0 Å². The molecule has 0 aromatic heterocycles. The zero-order valence-electron chi connectivity index (χ0n) is 12.0. The lowest BCUT2D eigenvalue weighted by Crippen LogP contribution is -2.45. The van der Waals surface area contributed by atoms with Gasteiger partial charge in [-0.05, 0) is 37.6 Å². The highest BCUT2D eigenvalue weighted by Crippen LogP contribution is 2.23. The molecule has 5 heteroatoms. The number of amides is 1. The molecule has 1 aliphatic rings. The quantitative estimate of drug-likeness (QED) is 0.922. The number of carbonyl (C=O) groups excluding carboxylic acids is 1. The number of nitrogens with zero attached hydrogens (tertiary/aromatic N) is 2. The minimum absolute atomic E-state index is 0.0328. The van der Waals surface area contributed by atoms with Crippen molar-refractivity contribution in [2.24, 2.45) is 0 Å². The van der Waals surface area contributed by atoms with Gasteiger partial charge in [-0.25, -0.2) is 4.39 Å². The third-order valence-electron chi connectivity index (χ3n) is 4.06. The first-order valence-corrected chi connectivity index (χ1v) is 7.01. The average Bonchev–Trinajstić information content (AvgIpc) is 2.48. The van der Waals surface area contributed by atoms with E-state index in [2.05, 4.69) is 11.8 Å². The Bertz CT molecular complexity index is 485. The summed E-state index contributed by atoms with van der Waals surface area (Å²) in [5.41, 5.74) is 0.0328. The molecule has 1 heterocycles. The molecule has 1 aromatic carbocycles. The van der Waals surface area contributed by atoms with E-state index in [1.165, 1.54) is 6.07 Å². The molecule has 1 fully saturated rings. The van der Waals surface area contributed by atoms with Crippen molar-refractivity contribution in [3.63, 3.8) is 0 Å². The summed E-state index contributed by atoms with van der Waals surface area (Å²) in [6.45, 7) is 5.08. The second-order valence-electron chi connectivity index (χ2n) is 5.24. The van der Waals surface area contributed by atoms with Crippen molar-refractivity contribution in [3.05, 3.63) is 29.6 Å². The third-order valence-corrected chi connectivity index (χ3v) is 4.06. The number of aromatic hydroxyl groups is 1. The van der Waals surface area contributed by atoms with Gasteiger partial charge in [-0.1, -0.05) is 6.92 Å². The molecule has 2 rings (SSSR count). The number of piperidine rings is 1. The first-order chi connectivity index (χ1) is 9.52. The van der Waals surface area contributed by atoms with Gasteiger partial charge < -0.3 is 14.9 Å². The molecule has 0 bridgehead atoms. The second kappa shape index (κ2) is 6.22. The number of halogens is 1. The Hall–Kier alpha value is -1.62. The van der Waals surface area contributed by atoms with Crippen LogP contribution >= 0.6 is 0 Å².